The standard InChI is InChI=1S/C13H11N3O.C10H15ClN4/c1-9-6-7-13(17)12(8-9)16-14-10-4-2-3-5-11(10)15(14)16;1-3-4-5-6-8-9(11)10-13-12-7(2)15(10)14-8/h2-8,17H,1H3;14H,3-6H2,1-2H3. The molecule has 32 heavy (non-hydrogen) atoms. The van der Waals surface area contributed by atoms with Crippen molar-refractivity contribution in [3.8, 4) is 11.4 Å². The lowest BCUT2D eigenvalue weighted by molar-refractivity contribution is 0.471. The Kier molecular flexibility index (Phi) is 5.09. The molecule has 0 aliphatic rings. The van der Waals surface area contributed by atoms with Crippen LogP contribution in [0.25, 0.3) is 22.4 Å². The number of nitrogens with zero attached hydrogens (tertiary/aromatic N) is 6. The van der Waals surface area contributed by atoms with Gasteiger partial charge in [-0.15, -0.1) is 24.3 Å². The maximum absolute atomic E-state index is 9.89. The molecule has 0 saturated carbocycles. The average molecular weight is 452 g/mol. The Morgan fingerprint density at radius 2 is 1.72 bits per heavy atom. The molecule has 8 nitrogen and oxygen atoms in total. The van der Waals surface area contributed by atoms with E-state index < -0.39 is 0 Å². The van der Waals surface area contributed by atoms with E-state index in [0.717, 1.165) is 41.3 Å². The summed E-state index contributed by atoms with van der Waals surface area (Å²) in [5.41, 5.74) is 6.11. The minimum absolute atomic E-state index is 0.302. The number of fused-ring (bicyclic) bond motifs is 5. The molecule has 0 atom stereocenters. The van der Waals surface area contributed by atoms with Gasteiger partial charge in [-0.3, -0.25) is 5.10 Å². The number of aromatic amines is 1. The van der Waals surface area contributed by atoms with Gasteiger partial charge < -0.3 is 5.11 Å². The molecule has 0 radical (unpaired) electrons. The Balaban J connectivity index is 0.000000136. The number of hydrogen-bond donors (Lipinski definition) is 2. The summed E-state index contributed by atoms with van der Waals surface area (Å²) >= 11 is 6.19. The van der Waals surface area contributed by atoms with E-state index >= 15 is 0 Å². The molecule has 0 amide bonds. The molecule has 0 aliphatic carbocycles. The van der Waals surface area contributed by atoms with Gasteiger partial charge in [0.15, 0.2) is 5.65 Å². The number of para-hydroxylation sites is 2. The summed E-state index contributed by atoms with van der Waals surface area (Å²) in [6, 6.07) is 13.8. The van der Waals surface area contributed by atoms with Gasteiger partial charge in [0.25, 0.3) is 0 Å². The van der Waals surface area contributed by atoms with Crippen LogP contribution in [0, 0.1) is 13.8 Å². The number of benzene rings is 2. The van der Waals surface area contributed by atoms with Gasteiger partial charge in [-0.25, -0.2) is 4.52 Å². The Labute approximate surface area is 189 Å². The van der Waals surface area contributed by atoms with Crippen LogP contribution in [-0.4, -0.2) is 39.0 Å². The third kappa shape index (κ3) is 3.31. The molecule has 0 bridgehead atoms. The van der Waals surface area contributed by atoms with Crippen molar-refractivity contribution in [3.63, 3.8) is 0 Å². The number of nitrogens with one attached hydrogen (secondary N) is 1. The molecule has 0 unspecified atom stereocenters. The lowest BCUT2D eigenvalue weighted by Gasteiger charge is -1.99. The number of hydrogen-bond acceptors (Lipinski definition) is 3. The first-order chi connectivity index (χ1) is 15.5. The number of rotatable bonds is 5. The number of H-pyrrole nitrogens is 1. The monoisotopic (exact) mass is 451 g/mol. The average Bonchev–Trinajstić information content (AvgIpc) is 3.15. The molecule has 0 spiro atoms. The molecule has 0 fully saturated rings. The van der Waals surface area contributed by atoms with E-state index in [9.17, 15) is 5.11 Å². The number of aromatic nitrogens is 7. The van der Waals surface area contributed by atoms with Crippen LogP contribution in [0.5, 0.6) is 5.75 Å². The molecule has 0 aliphatic heterocycles. The summed E-state index contributed by atoms with van der Waals surface area (Å²) in [4.78, 5) is 1.97. The number of aromatic hydroxyl groups is 1. The van der Waals surface area contributed by atoms with E-state index in [2.05, 4.69) is 34.4 Å². The highest BCUT2D eigenvalue weighted by molar-refractivity contribution is 6.34. The molecule has 2 aromatic carbocycles. The Bertz CT molecular complexity index is 1450. The first kappa shape index (κ1) is 20.5. The van der Waals surface area contributed by atoms with Crippen LogP contribution in [0.2, 0.25) is 5.02 Å². The zero-order chi connectivity index (χ0) is 22.4. The molecule has 4 aromatic heterocycles. The first-order valence-corrected chi connectivity index (χ1v) is 11.3. The summed E-state index contributed by atoms with van der Waals surface area (Å²) in [7, 11) is 0. The van der Waals surface area contributed by atoms with E-state index in [1.165, 1.54) is 23.9 Å². The SMILES string of the molecule is CCCCCc1[nH]n2c(C)nnc2c1Cl.Cc1ccc(O)c(-n2n3c4ccccc4n23)c1. The quantitative estimate of drug-likeness (QED) is 0.354. The maximum atomic E-state index is 9.89. The molecule has 6 aromatic rings. The van der Waals surface area contributed by atoms with Crippen molar-refractivity contribution in [2.24, 2.45) is 0 Å². The zero-order valence-corrected chi connectivity index (χ0v) is 19.1. The van der Waals surface area contributed by atoms with Crippen LogP contribution < -0.4 is 0 Å². The van der Waals surface area contributed by atoms with Gasteiger partial charge in [-0.2, -0.15) is 0 Å². The molecule has 6 rings (SSSR count). The number of aryl methyl sites for hydroxylation is 3. The molecule has 166 valence electrons. The second-order valence-electron chi connectivity index (χ2n) is 8.12. The number of unbranched alkanes of at least 4 members (excludes halogenated alkanes) is 2. The summed E-state index contributed by atoms with van der Waals surface area (Å²) in [6.45, 7) is 6.12. The lowest BCUT2D eigenvalue weighted by atomic mass is 10.1. The van der Waals surface area contributed by atoms with Crippen molar-refractivity contribution in [3.05, 3.63) is 64.6 Å². The van der Waals surface area contributed by atoms with Crippen LogP contribution in [0.1, 0.15) is 43.3 Å². The highest BCUT2D eigenvalue weighted by Gasteiger charge is 2.24. The van der Waals surface area contributed by atoms with Crippen LogP contribution in [0.15, 0.2) is 42.5 Å². The van der Waals surface area contributed by atoms with Gasteiger partial charge in [-0.1, -0.05) is 49.6 Å². The van der Waals surface area contributed by atoms with Gasteiger partial charge >= 0.3 is 0 Å². The van der Waals surface area contributed by atoms with Crippen molar-refractivity contribution in [1.82, 2.24) is 33.9 Å². The first-order valence-electron chi connectivity index (χ1n) is 10.9. The molecule has 4 heterocycles. The topological polar surface area (TPSA) is 80.0 Å². The minimum Gasteiger partial charge on any atom is -0.506 e. The van der Waals surface area contributed by atoms with Crippen LogP contribution in [0.4, 0.5) is 0 Å². The van der Waals surface area contributed by atoms with Crippen molar-refractivity contribution >= 4 is 28.3 Å². The Hall–Kier alpha value is -3.39. The fourth-order valence-corrected chi connectivity index (χ4v) is 4.22. The summed E-state index contributed by atoms with van der Waals surface area (Å²) in [5, 5.41) is 21.8. The highest BCUT2D eigenvalue weighted by atomic mass is 35.5. The number of halogens is 1. The number of phenols is 1. The van der Waals surface area contributed by atoms with Crippen molar-refractivity contribution in [2.75, 3.05) is 0 Å². The zero-order valence-electron chi connectivity index (χ0n) is 18.4. The smallest absolute Gasteiger partial charge is 0.196 e. The minimum atomic E-state index is 0.302. The van der Waals surface area contributed by atoms with Gasteiger partial charge in [0.2, 0.25) is 0 Å². The highest BCUT2D eigenvalue weighted by Crippen LogP contribution is 2.30. The molecule has 9 heteroatoms. The lowest BCUT2D eigenvalue weighted by Crippen LogP contribution is -1.92. The van der Waals surface area contributed by atoms with E-state index in [1.807, 2.05) is 56.7 Å². The van der Waals surface area contributed by atoms with Crippen molar-refractivity contribution in [2.45, 2.75) is 46.5 Å². The summed E-state index contributed by atoms with van der Waals surface area (Å²) < 4.78 is 5.90. The summed E-state index contributed by atoms with van der Waals surface area (Å²) in [6.07, 6.45) is 4.59. The third-order valence-corrected chi connectivity index (χ3v) is 6.13. The predicted molar refractivity (Wildman–Crippen MR) is 126 cm³/mol. The Morgan fingerprint density at radius 3 is 2.38 bits per heavy atom. The second kappa shape index (κ2) is 7.94. The van der Waals surface area contributed by atoms with E-state index in [4.69, 9.17) is 11.6 Å². The molecule has 0 saturated heterocycles. The van der Waals surface area contributed by atoms with Crippen LogP contribution in [-0.2, 0) is 6.42 Å². The van der Waals surface area contributed by atoms with Gasteiger partial charge in [0.1, 0.15) is 33.3 Å². The summed E-state index contributed by atoms with van der Waals surface area (Å²) in [5.74, 6) is 1.14. The van der Waals surface area contributed by atoms with Crippen molar-refractivity contribution in [1.29, 1.82) is 0 Å². The fraction of sp³-hybridized carbons (Fsp3) is 0.304. The normalized spacial score (nSPS) is 11.8. The van der Waals surface area contributed by atoms with Gasteiger partial charge in [0, 0.05) is 0 Å². The molecular formula is C23H26ClN7O. The maximum Gasteiger partial charge on any atom is 0.196 e. The van der Waals surface area contributed by atoms with E-state index in [0.29, 0.717) is 10.8 Å². The third-order valence-electron chi connectivity index (χ3n) is 5.73. The van der Waals surface area contributed by atoms with E-state index in [1.54, 1.807) is 6.07 Å². The van der Waals surface area contributed by atoms with Crippen LogP contribution >= 0.6 is 11.6 Å². The Morgan fingerprint density at radius 1 is 1.00 bits per heavy atom. The fourth-order valence-electron chi connectivity index (χ4n) is 3.97. The van der Waals surface area contributed by atoms with E-state index in [-0.39, 0.29) is 0 Å². The van der Waals surface area contributed by atoms with Gasteiger partial charge in [-0.05, 0) is 56.5 Å². The van der Waals surface area contributed by atoms with Gasteiger partial charge in [0.05, 0.1) is 5.69 Å². The predicted octanol–water partition coefficient (Wildman–Crippen LogP) is 5.19. The van der Waals surface area contributed by atoms with Crippen LogP contribution in [0.3, 0.4) is 0 Å². The molecular weight excluding hydrogens is 426 g/mol. The molecule has 2 N–H and O–H groups in total. The number of phenolic OH excluding ortho intramolecular Hbond substituents is 1. The largest absolute Gasteiger partial charge is 0.506 e. The second-order valence-corrected chi connectivity index (χ2v) is 8.49. The van der Waals surface area contributed by atoms with Crippen molar-refractivity contribution < 1.29 is 5.11 Å².